The summed E-state index contributed by atoms with van der Waals surface area (Å²) in [5, 5.41) is 17.1. The number of aliphatic hydroxyl groups is 1. The Morgan fingerprint density at radius 1 is 1.19 bits per heavy atom. The number of thiazole rings is 1. The van der Waals surface area contributed by atoms with Crippen LogP contribution >= 0.6 is 22.7 Å². The van der Waals surface area contributed by atoms with Crippen molar-refractivity contribution in [2.24, 2.45) is 5.73 Å². The fourth-order valence-electron chi connectivity index (χ4n) is 3.70. The van der Waals surface area contributed by atoms with Gasteiger partial charge in [-0.3, -0.25) is 14.4 Å². The van der Waals surface area contributed by atoms with Crippen LogP contribution in [0.25, 0.3) is 0 Å². The molecule has 1 aromatic carbocycles. The molecule has 1 unspecified atom stereocenters. The number of rotatable bonds is 5. The molecule has 4 heterocycles. The first-order valence-corrected chi connectivity index (χ1v) is 11.2. The molecule has 5 rings (SSSR count). The number of primary amides is 1. The lowest BCUT2D eigenvalue weighted by Gasteiger charge is -2.27. The minimum atomic E-state index is -1.59. The van der Waals surface area contributed by atoms with E-state index in [-0.39, 0.29) is 24.6 Å². The topological polar surface area (TPSA) is 129 Å². The van der Waals surface area contributed by atoms with Gasteiger partial charge in [-0.15, -0.1) is 22.7 Å². The van der Waals surface area contributed by atoms with Crippen molar-refractivity contribution in [3.63, 3.8) is 0 Å². The van der Waals surface area contributed by atoms with Crippen LogP contribution in [0.3, 0.4) is 0 Å². The average molecular weight is 456 g/mol. The van der Waals surface area contributed by atoms with Gasteiger partial charge in [-0.1, -0.05) is 12.1 Å². The maximum atomic E-state index is 12.8. The van der Waals surface area contributed by atoms with E-state index in [4.69, 9.17) is 5.73 Å². The Morgan fingerprint density at radius 3 is 2.77 bits per heavy atom. The lowest BCUT2D eigenvalue weighted by molar-refractivity contribution is -0.134. The smallest absolute Gasteiger partial charge is 0.276 e. The lowest BCUT2D eigenvalue weighted by Crippen LogP contribution is -2.46. The van der Waals surface area contributed by atoms with Gasteiger partial charge in [-0.2, -0.15) is 0 Å². The van der Waals surface area contributed by atoms with E-state index in [0.717, 1.165) is 5.69 Å². The second-order valence-electron chi connectivity index (χ2n) is 7.33. The quantitative estimate of drug-likeness (QED) is 0.541. The van der Waals surface area contributed by atoms with Crippen molar-refractivity contribution in [1.82, 2.24) is 4.98 Å². The summed E-state index contributed by atoms with van der Waals surface area (Å²) in [6, 6.07) is 8.97. The van der Waals surface area contributed by atoms with E-state index in [9.17, 15) is 19.5 Å². The summed E-state index contributed by atoms with van der Waals surface area (Å²) in [4.78, 5) is 44.9. The van der Waals surface area contributed by atoms with Gasteiger partial charge in [0.1, 0.15) is 10.6 Å². The van der Waals surface area contributed by atoms with Crippen molar-refractivity contribution in [3.05, 3.63) is 51.7 Å². The molecular weight excluding hydrogens is 438 g/mol. The van der Waals surface area contributed by atoms with Crippen LogP contribution in [-0.4, -0.2) is 46.5 Å². The zero-order valence-corrected chi connectivity index (χ0v) is 17.7. The molecule has 0 spiro atoms. The predicted molar refractivity (Wildman–Crippen MR) is 118 cm³/mol. The van der Waals surface area contributed by atoms with Crippen LogP contribution in [0.1, 0.15) is 26.6 Å². The summed E-state index contributed by atoms with van der Waals surface area (Å²) < 4.78 is 0. The number of aromatic nitrogens is 1. The third-order valence-electron chi connectivity index (χ3n) is 5.40. The van der Waals surface area contributed by atoms with Gasteiger partial charge < -0.3 is 21.1 Å². The molecule has 4 N–H and O–H groups in total. The summed E-state index contributed by atoms with van der Waals surface area (Å²) >= 11 is 2.60. The van der Waals surface area contributed by atoms with Crippen molar-refractivity contribution in [1.29, 1.82) is 0 Å². The van der Waals surface area contributed by atoms with Crippen molar-refractivity contribution < 1.29 is 19.5 Å². The molecule has 0 bridgehead atoms. The summed E-state index contributed by atoms with van der Waals surface area (Å²) in [7, 11) is 0. The van der Waals surface area contributed by atoms with Gasteiger partial charge in [0.2, 0.25) is 0 Å². The standard InChI is InChI=1S/C20H17N5O4S2/c21-18(28)20(29)6-7-24(10-20)13-4-2-1-3-11(13)22-16(26)12-9-31-19(23-12)25-14-5-8-30-15(14)17(25)27/h1-5,8-9,29H,6-7,10H2,(H2,21,28)(H,22,26). The second kappa shape index (κ2) is 7.15. The number of benzene rings is 1. The molecule has 0 radical (unpaired) electrons. The third kappa shape index (κ3) is 3.17. The van der Waals surface area contributed by atoms with Gasteiger partial charge in [0.05, 0.1) is 23.6 Å². The molecule has 9 nitrogen and oxygen atoms in total. The van der Waals surface area contributed by atoms with Crippen LogP contribution in [0.15, 0.2) is 41.1 Å². The minimum absolute atomic E-state index is 0.0517. The Labute approximate surface area is 184 Å². The Balaban J connectivity index is 1.34. The molecular formula is C20H17N5O4S2. The summed E-state index contributed by atoms with van der Waals surface area (Å²) in [6.45, 7) is 0.476. The van der Waals surface area contributed by atoms with E-state index in [1.54, 1.807) is 23.6 Å². The zero-order valence-electron chi connectivity index (χ0n) is 16.1. The number of amides is 3. The predicted octanol–water partition coefficient (Wildman–Crippen LogP) is 2.18. The van der Waals surface area contributed by atoms with Crippen molar-refractivity contribution in [3.8, 4) is 0 Å². The minimum Gasteiger partial charge on any atom is -0.378 e. The molecule has 2 aliphatic rings. The maximum absolute atomic E-state index is 12.8. The number of carbonyl (C=O) groups is 3. The number of anilines is 4. The molecule has 1 fully saturated rings. The van der Waals surface area contributed by atoms with Crippen molar-refractivity contribution >= 4 is 62.6 Å². The van der Waals surface area contributed by atoms with Crippen LogP contribution in [0.2, 0.25) is 0 Å². The third-order valence-corrected chi connectivity index (χ3v) is 7.12. The fourth-order valence-corrected chi connectivity index (χ4v) is 5.32. The lowest BCUT2D eigenvalue weighted by atomic mass is 10.0. The Kier molecular flexibility index (Phi) is 4.54. The number of β-amino-alcohol motifs (C(OH)–C–C–N with tert-alkyl or cyclic N) is 1. The average Bonchev–Trinajstić information content (AvgIpc) is 3.48. The Hall–Kier alpha value is -3.28. The van der Waals surface area contributed by atoms with Crippen molar-refractivity contribution in [2.75, 3.05) is 28.2 Å². The Bertz CT molecular complexity index is 1220. The molecule has 0 aliphatic carbocycles. The molecule has 158 valence electrons. The van der Waals surface area contributed by atoms with Gasteiger partial charge in [-0.25, -0.2) is 9.88 Å². The van der Waals surface area contributed by atoms with Gasteiger partial charge in [0.15, 0.2) is 10.7 Å². The number of carbonyl (C=O) groups excluding carboxylic acids is 3. The molecule has 11 heteroatoms. The van der Waals surface area contributed by atoms with E-state index in [2.05, 4.69) is 10.3 Å². The largest absolute Gasteiger partial charge is 0.378 e. The van der Waals surface area contributed by atoms with E-state index < -0.39 is 17.4 Å². The molecule has 3 amide bonds. The van der Waals surface area contributed by atoms with Crippen LogP contribution in [0.5, 0.6) is 0 Å². The van der Waals surface area contributed by atoms with Crippen LogP contribution < -0.4 is 20.9 Å². The van der Waals surface area contributed by atoms with Crippen molar-refractivity contribution in [2.45, 2.75) is 12.0 Å². The molecule has 0 saturated carbocycles. The number of nitrogens with one attached hydrogen (secondary N) is 1. The van der Waals surface area contributed by atoms with E-state index in [1.165, 1.54) is 27.6 Å². The number of thiophene rings is 1. The van der Waals surface area contributed by atoms with Gasteiger partial charge in [0.25, 0.3) is 17.7 Å². The van der Waals surface area contributed by atoms with Gasteiger partial charge >= 0.3 is 0 Å². The zero-order chi connectivity index (χ0) is 21.8. The molecule has 3 aromatic rings. The number of nitrogens with zero attached hydrogens (tertiary/aromatic N) is 3. The fraction of sp³-hybridized carbons (Fsp3) is 0.200. The normalized spacial score (nSPS) is 19.8. The highest BCUT2D eigenvalue weighted by Crippen LogP contribution is 2.43. The molecule has 31 heavy (non-hydrogen) atoms. The van der Waals surface area contributed by atoms with Gasteiger partial charge in [-0.05, 0) is 23.6 Å². The monoisotopic (exact) mass is 455 g/mol. The van der Waals surface area contributed by atoms with Crippen LogP contribution in [-0.2, 0) is 4.79 Å². The number of hydrogen-bond donors (Lipinski definition) is 3. The highest BCUT2D eigenvalue weighted by molar-refractivity contribution is 7.16. The highest BCUT2D eigenvalue weighted by Gasteiger charge is 2.42. The molecule has 1 atom stereocenters. The van der Waals surface area contributed by atoms with E-state index in [1.807, 2.05) is 22.4 Å². The highest BCUT2D eigenvalue weighted by atomic mass is 32.1. The van der Waals surface area contributed by atoms with E-state index in [0.29, 0.717) is 27.9 Å². The van der Waals surface area contributed by atoms with Crippen LogP contribution in [0, 0.1) is 0 Å². The molecule has 2 aromatic heterocycles. The molecule has 2 aliphatic heterocycles. The number of nitrogens with two attached hydrogens (primary N) is 1. The molecule has 1 saturated heterocycles. The first-order chi connectivity index (χ1) is 14.9. The summed E-state index contributed by atoms with van der Waals surface area (Å²) in [6.07, 6.45) is 0.217. The van der Waals surface area contributed by atoms with E-state index >= 15 is 0 Å². The first-order valence-electron chi connectivity index (χ1n) is 9.42. The number of para-hydroxylation sites is 2. The first kappa shape index (κ1) is 19.7. The summed E-state index contributed by atoms with van der Waals surface area (Å²) in [5.41, 5.74) is 5.92. The van der Waals surface area contributed by atoms with Gasteiger partial charge in [0, 0.05) is 18.3 Å². The SMILES string of the molecule is NC(=O)C1(O)CCN(c2ccccc2NC(=O)c2csc(N3C(=O)c4sccc43)n2)C1. The number of fused-ring (bicyclic) bond motifs is 1. The Morgan fingerprint density at radius 2 is 2.00 bits per heavy atom. The number of hydrogen-bond acceptors (Lipinski definition) is 8. The summed E-state index contributed by atoms with van der Waals surface area (Å²) in [5.74, 6) is -1.30. The second-order valence-corrected chi connectivity index (χ2v) is 9.08. The van der Waals surface area contributed by atoms with Crippen LogP contribution in [0.4, 0.5) is 22.2 Å². The maximum Gasteiger partial charge on any atom is 0.276 e.